The lowest BCUT2D eigenvalue weighted by Crippen LogP contribution is -2.42. The number of ether oxygens (including phenoxy) is 1. The number of aromatic nitrogens is 3. The Morgan fingerprint density at radius 1 is 1.13 bits per heavy atom. The number of hydrogen-bond acceptors (Lipinski definition) is 6. The van der Waals surface area contributed by atoms with Gasteiger partial charge in [-0.2, -0.15) is 9.40 Å². The molecule has 0 spiro atoms. The Bertz CT molecular complexity index is 1160. The van der Waals surface area contributed by atoms with Crippen molar-refractivity contribution < 1.29 is 13.2 Å². The molecule has 9 heteroatoms. The van der Waals surface area contributed by atoms with Gasteiger partial charge in [-0.1, -0.05) is 35.9 Å². The van der Waals surface area contributed by atoms with Crippen LogP contribution in [0.1, 0.15) is 28.6 Å². The minimum absolute atomic E-state index is 0.0184. The van der Waals surface area contributed by atoms with E-state index >= 15 is 0 Å². The van der Waals surface area contributed by atoms with Gasteiger partial charge in [0, 0.05) is 31.9 Å². The fourth-order valence-electron chi connectivity index (χ4n) is 3.61. The molecule has 8 nitrogen and oxygen atoms in total. The summed E-state index contributed by atoms with van der Waals surface area (Å²) in [5, 5.41) is 7.58. The van der Waals surface area contributed by atoms with E-state index in [4.69, 9.17) is 4.74 Å². The van der Waals surface area contributed by atoms with E-state index in [1.807, 2.05) is 69.4 Å². The second kappa shape index (κ2) is 8.78. The molecule has 31 heavy (non-hydrogen) atoms. The minimum atomic E-state index is -3.46. The van der Waals surface area contributed by atoms with Gasteiger partial charge in [-0.05, 0) is 31.5 Å². The quantitative estimate of drug-likeness (QED) is 0.632. The lowest BCUT2D eigenvalue weighted by molar-refractivity contribution is -0.00490. The third-order valence-corrected chi connectivity index (χ3v) is 7.14. The molecule has 1 saturated heterocycles. The molecule has 164 valence electrons. The summed E-state index contributed by atoms with van der Waals surface area (Å²) in [5.74, 6) is 1.32. The third-order valence-electron chi connectivity index (χ3n) is 5.32. The van der Waals surface area contributed by atoms with E-state index in [-0.39, 0.29) is 12.3 Å². The van der Waals surface area contributed by atoms with Gasteiger partial charge >= 0.3 is 0 Å². The van der Waals surface area contributed by atoms with Crippen LogP contribution in [0, 0.1) is 13.8 Å². The normalized spacial score (nSPS) is 17.6. The highest BCUT2D eigenvalue weighted by Crippen LogP contribution is 2.25. The lowest BCUT2D eigenvalue weighted by atomic mass is 10.2. The van der Waals surface area contributed by atoms with Crippen LogP contribution in [0.5, 0.6) is 0 Å². The van der Waals surface area contributed by atoms with Crippen molar-refractivity contribution >= 4 is 21.7 Å². The van der Waals surface area contributed by atoms with Crippen molar-refractivity contribution in [1.29, 1.82) is 0 Å². The van der Waals surface area contributed by atoms with Gasteiger partial charge in [-0.15, -0.1) is 0 Å². The molecule has 0 bridgehead atoms. The highest BCUT2D eigenvalue weighted by atomic mass is 32.2. The number of aryl methyl sites for hydroxylation is 3. The molecule has 1 aliphatic heterocycles. The van der Waals surface area contributed by atoms with E-state index in [0.717, 1.165) is 16.8 Å². The van der Waals surface area contributed by atoms with Crippen LogP contribution in [-0.2, 0) is 27.6 Å². The van der Waals surface area contributed by atoms with Crippen LogP contribution in [-0.4, -0.2) is 47.2 Å². The van der Waals surface area contributed by atoms with E-state index in [1.54, 1.807) is 4.68 Å². The molecular formula is C22H27N5O3S. The zero-order chi connectivity index (χ0) is 22.0. The average Bonchev–Trinajstić information content (AvgIpc) is 3.05. The molecule has 1 atom stereocenters. The fraction of sp³-hybridized carbons (Fsp3) is 0.364. The Morgan fingerprint density at radius 2 is 1.94 bits per heavy atom. The maximum atomic E-state index is 13.0. The highest BCUT2D eigenvalue weighted by molar-refractivity contribution is 7.88. The summed E-state index contributed by atoms with van der Waals surface area (Å²) in [6.45, 7) is 4.85. The van der Waals surface area contributed by atoms with E-state index in [0.29, 0.717) is 30.5 Å². The first-order valence-corrected chi connectivity index (χ1v) is 11.8. The SMILES string of the molecule is Cc1cccc(CS(=O)(=O)N2CCO[C@H](c3cccc(Nc4cc(C)n(C)n4)n3)C2)c1. The molecule has 0 saturated carbocycles. The zero-order valence-electron chi connectivity index (χ0n) is 17.9. The van der Waals surface area contributed by atoms with Gasteiger partial charge in [-0.25, -0.2) is 13.4 Å². The first kappa shape index (κ1) is 21.5. The Kier molecular flexibility index (Phi) is 6.08. The molecule has 1 N–H and O–H groups in total. The second-order valence-corrected chi connectivity index (χ2v) is 9.80. The standard InChI is InChI=1S/C22H27N5O3S/c1-16-6-4-7-18(12-16)15-31(28,29)27-10-11-30-20(14-27)19-8-5-9-21(23-19)24-22-13-17(2)26(3)25-22/h4-9,12-13,20H,10-11,14-15H2,1-3H3,(H,23,24,25)/t20-/m0/s1. The third kappa shape index (κ3) is 5.12. The fourth-order valence-corrected chi connectivity index (χ4v) is 5.11. The van der Waals surface area contributed by atoms with E-state index in [2.05, 4.69) is 15.4 Å². The Balaban J connectivity index is 1.48. The lowest BCUT2D eigenvalue weighted by Gasteiger charge is -2.32. The molecule has 1 aliphatic rings. The van der Waals surface area contributed by atoms with Gasteiger partial charge in [0.15, 0.2) is 5.82 Å². The number of sulfonamides is 1. The van der Waals surface area contributed by atoms with Gasteiger partial charge in [0.25, 0.3) is 0 Å². The predicted molar refractivity (Wildman–Crippen MR) is 120 cm³/mol. The molecule has 0 aliphatic carbocycles. The van der Waals surface area contributed by atoms with Crippen molar-refractivity contribution in [1.82, 2.24) is 19.1 Å². The molecule has 1 fully saturated rings. The number of morpholine rings is 1. The maximum Gasteiger partial charge on any atom is 0.218 e. The second-order valence-electron chi connectivity index (χ2n) is 7.83. The first-order valence-electron chi connectivity index (χ1n) is 10.2. The van der Waals surface area contributed by atoms with Gasteiger partial charge in [0.1, 0.15) is 11.9 Å². The van der Waals surface area contributed by atoms with Crippen molar-refractivity contribution in [3.63, 3.8) is 0 Å². The number of nitrogens with zero attached hydrogens (tertiary/aromatic N) is 4. The Labute approximate surface area is 182 Å². The van der Waals surface area contributed by atoms with Gasteiger partial charge < -0.3 is 10.1 Å². The van der Waals surface area contributed by atoms with Crippen molar-refractivity contribution in [2.45, 2.75) is 25.7 Å². The summed E-state index contributed by atoms with van der Waals surface area (Å²) >= 11 is 0. The van der Waals surface area contributed by atoms with Gasteiger partial charge in [0.05, 0.1) is 18.1 Å². The van der Waals surface area contributed by atoms with Crippen LogP contribution in [0.3, 0.4) is 0 Å². The van der Waals surface area contributed by atoms with Crippen molar-refractivity contribution in [2.75, 3.05) is 25.0 Å². The Hall–Kier alpha value is -2.75. The predicted octanol–water partition coefficient (Wildman–Crippen LogP) is 3.08. The molecule has 4 rings (SSSR count). The van der Waals surface area contributed by atoms with Gasteiger partial charge in [0.2, 0.25) is 10.0 Å². The molecule has 1 aromatic carbocycles. The zero-order valence-corrected chi connectivity index (χ0v) is 18.8. The van der Waals surface area contributed by atoms with Crippen LogP contribution < -0.4 is 5.32 Å². The summed E-state index contributed by atoms with van der Waals surface area (Å²) in [7, 11) is -1.58. The highest BCUT2D eigenvalue weighted by Gasteiger charge is 2.31. The number of rotatable bonds is 6. The number of pyridine rings is 1. The molecule has 0 unspecified atom stereocenters. The van der Waals surface area contributed by atoms with Crippen molar-refractivity contribution in [3.05, 3.63) is 71.0 Å². The van der Waals surface area contributed by atoms with Crippen LogP contribution >= 0.6 is 0 Å². The molecule has 0 amide bonds. The van der Waals surface area contributed by atoms with Crippen molar-refractivity contribution in [3.8, 4) is 0 Å². The number of anilines is 2. The molecule has 3 heterocycles. The summed E-state index contributed by atoms with van der Waals surface area (Å²) < 4.78 is 35.2. The van der Waals surface area contributed by atoms with E-state index < -0.39 is 16.1 Å². The average molecular weight is 442 g/mol. The maximum absolute atomic E-state index is 13.0. The summed E-state index contributed by atoms with van der Waals surface area (Å²) in [6, 6.07) is 15.1. The first-order chi connectivity index (χ1) is 14.8. The van der Waals surface area contributed by atoms with Gasteiger partial charge in [-0.3, -0.25) is 4.68 Å². The Morgan fingerprint density at radius 3 is 2.68 bits per heavy atom. The number of nitrogens with one attached hydrogen (secondary N) is 1. The molecular weight excluding hydrogens is 414 g/mol. The van der Waals surface area contributed by atoms with E-state index in [9.17, 15) is 8.42 Å². The summed E-state index contributed by atoms with van der Waals surface area (Å²) in [6.07, 6.45) is -0.423. The smallest absolute Gasteiger partial charge is 0.218 e. The molecule has 2 aromatic heterocycles. The van der Waals surface area contributed by atoms with Crippen LogP contribution in [0.15, 0.2) is 48.5 Å². The van der Waals surface area contributed by atoms with Crippen LogP contribution in [0.4, 0.5) is 11.6 Å². The van der Waals surface area contributed by atoms with Crippen molar-refractivity contribution in [2.24, 2.45) is 7.05 Å². The number of benzene rings is 1. The summed E-state index contributed by atoms with van der Waals surface area (Å²) in [5.41, 5.74) is 3.55. The summed E-state index contributed by atoms with van der Waals surface area (Å²) in [4.78, 5) is 4.64. The monoisotopic (exact) mass is 441 g/mol. The van der Waals surface area contributed by atoms with Crippen LogP contribution in [0.25, 0.3) is 0 Å². The molecule has 3 aromatic rings. The molecule has 0 radical (unpaired) electrons. The van der Waals surface area contributed by atoms with Crippen LogP contribution in [0.2, 0.25) is 0 Å². The topological polar surface area (TPSA) is 89.4 Å². The van der Waals surface area contributed by atoms with E-state index in [1.165, 1.54) is 4.31 Å². The minimum Gasteiger partial charge on any atom is -0.369 e. The largest absolute Gasteiger partial charge is 0.369 e. The number of hydrogen-bond donors (Lipinski definition) is 1.